The number of hydrogen-bond donors (Lipinski definition) is 0. The van der Waals surface area contributed by atoms with E-state index >= 15 is 0 Å². The molecule has 5 nitrogen and oxygen atoms in total. The standard InChI is InChI=1S/C33H30ClN3O2/c1-4-30(36(21-24-10-6-5-7-11-24)32(38)25-15-17-26(34)18-16-25)31-35-29-13-9-8-12-28(29)33(39)37(31)27-19-14-22(2)23(3)20-27/h5-20,30H,4,21H2,1-3H3. The molecular formula is C33H30ClN3O2. The summed E-state index contributed by atoms with van der Waals surface area (Å²) < 4.78 is 1.68. The number of carbonyl (C=O) groups is 1. The van der Waals surface area contributed by atoms with Crippen molar-refractivity contribution in [2.45, 2.75) is 39.8 Å². The van der Waals surface area contributed by atoms with Crippen LogP contribution in [0.3, 0.4) is 0 Å². The first-order valence-corrected chi connectivity index (χ1v) is 13.4. The molecule has 0 saturated carbocycles. The van der Waals surface area contributed by atoms with Crippen LogP contribution < -0.4 is 5.56 Å². The maximum Gasteiger partial charge on any atom is 0.266 e. The first-order valence-electron chi connectivity index (χ1n) is 13.1. The molecule has 1 unspecified atom stereocenters. The lowest BCUT2D eigenvalue weighted by molar-refractivity contribution is 0.0640. The molecule has 1 atom stereocenters. The fourth-order valence-corrected chi connectivity index (χ4v) is 5.02. The molecule has 0 aliphatic heterocycles. The molecule has 0 spiro atoms. The highest BCUT2D eigenvalue weighted by atomic mass is 35.5. The van der Waals surface area contributed by atoms with Crippen molar-refractivity contribution in [3.8, 4) is 5.69 Å². The van der Waals surface area contributed by atoms with Gasteiger partial charge in [0.05, 0.1) is 22.6 Å². The molecule has 4 aromatic carbocycles. The lowest BCUT2D eigenvalue weighted by atomic mass is 10.1. The molecule has 196 valence electrons. The number of carbonyl (C=O) groups excluding carboxylic acids is 1. The van der Waals surface area contributed by atoms with Crippen LogP contribution in [0.25, 0.3) is 16.6 Å². The van der Waals surface area contributed by atoms with Crippen LogP contribution in [0, 0.1) is 13.8 Å². The number of hydrogen-bond acceptors (Lipinski definition) is 3. The van der Waals surface area contributed by atoms with E-state index in [0.29, 0.717) is 40.3 Å². The number of amides is 1. The summed E-state index contributed by atoms with van der Waals surface area (Å²) in [5.74, 6) is 0.374. The monoisotopic (exact) mass is 535 g/mol. The third-order valence-electron chi connectivity index (χ3n) is 7.16. The summed E-state index contributed by atoms with van der Waals surface area (Å²) in [6.07, 6.45) is 0.557. The van der Waals surface area contributed by atoms with E-state index in [0.717, 1.165) is 22.4 Å². The highest BCUT2D eigenvalue weighted by Crippen LogP contribution is 2.30. The van der Waals surface area contributed by atoms with Crippen molar-refractivity contribution in [1.82, 2.24) is 14.5 Å². The van der Waals surface area contributed by atoms with E-state index in [-0.39, 0.29) is 11.5 Å². The molecule has 0 aliphatic rings. The molecular weight excluding hydrogens is 506 g/mol. The summed E-state index contributed by atoms with van der Waals surface area (Å²) >= 11 is 6.12. The van der Waals surface area contributed by atoms with Crippen LogP contribution in [0.5, 0.6) is 0 Å². The average Bonchev–Trinajstić information content (AvgIpc) is 2.95. The van der Waals surface area contributed by atoms with Crippen LogP contribution in [-0.2, 0) is 6.54 Å². The third kappa shape index (κ3) is 5.36. The normalized spacial score (nSPS) is 11.9. The Labute approximate surface area is 233 Å². The zero-order chi connectivity index (χ0) is 27.5. The Morgan fingerprint density at radius 1 is 0.897 bits per heavy atom. The van der Waals surface area contributed by atoms with E-state index in [9.17, 15) is 9.59 Å². The minimum Gasteiger partial charge on any atom is -0.324 e. The number of aryl methyl sites for hydroxylation is 2. The van der Waals surface area contributed by atoms with Gasteiger partial charge in [-0.05, 0) is 85.5 Å². The van der Waals surface area contributed by atoms with Gasteiger partial charge < -0.3 is 4.90 Å². The summed E-state index contributed by atoms with van der Waals surface area (Å²) in [5, 5.41) is 1.10. The van der Waals surface area contributed by atoms with Crippen LogP contribution in [0.1, 0.15) is 52.3 Å². The van der Waals surface area contributed by atoms with Gasteiger partial charge in [-0.1, -0.05) is 67.1 Å². The van der Waals surface area contributed by atoms with Crippen molar-refractivity contribution in [2.24, 2.45) is 0 Å². The fraction of sp³-hybridized carbons (Fsp3) is 0.182. The third-order valence-corrected chi connectivity index (χ3v) is 7.41. The number of aromatic nitrogens is 2. The Kier molecular flexibility index (Phi) is 7.62. The molecule has 39 heavy (non-hydrogen) atoms. The number of halogens is 1. The molecule has 0 bridgehead atoms. The minimum atomic E-state index is -0.479. The molecule has 1 amide bonds. The molecule has 0 aliphatic carbocycles. The topological polar surface area (TPSA) is 55.2 Å². The number of nitrogens with zero attached hydrogens (tertiary/aromatic N) is 3. The number of benzene rings is 4. The largest absolute Gasteiger partial charge is 0.324 e. The van der Waals surface area contributed by atoms with E-state index in [2.05, 4.69) is 0 Å². The Morgan fingerprint density at radius 2 is 1.59 bits per heavy atom. The number of fused-ring (bicyclic) bond motifs is 1. The second-order valence-corrected chi connectivity index (χ2v) is 10.2. The summed E-state index contributed by atoms with van der Waals surface area (Å²) in [6, 6.07) is 29.6. The van der Waals surface area contributed by atoms with Gasteiger partial charge in [-0.3, -0.25) is 14.2 Å². The maximum atomic E-state index is 14.1. The Balaban J connectivity index is 1.74. The highest BCUT2D eigenvalue weighted by Gasteiger charge is 2.30. The summed E-state index contributed by atoms with van der Waals surface area (Å²) in [5.41, 5.74) is 4.90. The van der Waals surface area contributed by atoms with Crippen LogP contribution in [0.15, 0.2) is 102 Å². The zero-order valence-electron chi connectivity index (χ0n) is 22.3. The number of para-hydroxylation sites is 1. The van der Waals surface area contributed by atoms with Crippen molar-refractivity contribution < 1.29 is 4.79 Å². The van der Waals surface area contributed by atoms with Crippen LogP contribution in [0.2, 0.25) is 5.02 Å². The van der Waals surface area contributed by atoms with E-state index < -0.39 is 6.04 Å². The molecule has 1 heterocycles. The molecule has 6 heteroatoms. The van der Waals surface area contributed by atoms with Gasteiger partial charge in [0.2, 0.25) is 0 Å². The Morgan fingerprint density at radius 3 is 2.28 bits per heavy atom. The smallest absolute Gasteiger partial charge is 0.266 e. The van der Waals surface area contributed by atoms with Crippen molar-refractivity contribution in [1.29, 1.82) is 0 Å². The molecule has 0 N–H and O–H groups in total. The van der Waals surface area contributed by atoms with Gasteiger partial charge in [0.1, 0.15) is 5.82 Å². The summed E-state index contributed by atoms with van der Waals surface area (Å²) in [6.45, 7) is 6.45. The van der Waals surface area contributed by atoms with Gasteiger partial charge in [-0.25, -0.2) is 4.98 Å². The Hall–Kier alpha value is -4.22. The quantitative estimate of drug-likeness (QED) is 0.217. The lowest BCUT2D eigenvalue weighted by Crippen LogP contribution is -2.38. The van der Waals surface area contributed by atoms with Gasteiger partial charge in [0.25, 0.3) is 11.5 Å². The van der Waals surface area contributed by atoms with E-state index in [4.69, 9.17) is 16.6 Å². The molecule has 0 fully saturated rings. The van der Waals surface area contributed by atoms with E-state index in [1.807, 2.05) is 92.4 Å². The van der Waals surface area contributed by atoms with Crippen molar-refractivity contribution in [2.75, 3.05) is 0 Å². The maximum absolute atomic E-state index is 14.1. The highest BCUT2D eigenvalue weighted by molar-refractivity contribution is 6.30. The van der Waals surface area contributed by atoms with E-state index in [1.165, 1.54) is 0 Å². The van der Waals surface area contributed by atoms with Crippen LogP contribution in [-0.4, -0.2) is 20.4 Å². The Bertz CT molecular complexity index is 1690. The fourth-order valence-electron chi connectivity index (χ4n) is 4.89. The predicted octanol–water partition coefficient (Wildman–Crippen LogP) is 7.45. The molecule has 5 aromatic rings. The van der Waals surface area contributed by atoms with Gasteiger partial charge in [-0.2, -0.15) is 0 Å². The van der Waals surface area contributed by atoms with E-state index in [1.54, 1.807) is 34.9 Å². The van der Waals surface area contributed by atoms with Crippen LogP contribution in [0.4, 0.5) is 0 Å². The predicted molar refractivity (Wildman–Crippen MR) is 158 cm³/mol. The van der Waals surface area contributed by atoms with Crippen molar-refractivity contribution >= 4 is 28.4 Å². The van der Waals surface area contributed by atoms with Gasteiger partial charge in [0.15, 0.2) is 0 Å². The second kappa shape index (κ2) is 11.3. The molecule has 1 aromatic heterocycles. The zero-order valence-corrected chi connectivity index (χ0v) is 23.0. The summed E-state index contributed by atoms with van der Waals surface area (Å²) in [7, 11) is 0. The minimum absolute atomic E-state index is 0.156. The molecule has 0 radical (unpaired) electrons. The SMILES string of the molecule is CCC(c1nc2ccccc2c(=O)n1-c1ccc(C)c(C)c1)N(Cc1ccccc1)C(=O)c1ccc(Cl)cc1. The number of rotatable bonds is 7. The summed E-state index contributed by atoms with van der Waals surface area (Å²) in [4.78, 5) is 35.0. The second-order valence-electron chi connectivity index (χ2n) is 9.75. The average molecular weight is 536 g/mol. The van der Waals surface area contributed by atoms with Crippen molar-refractivity contribution in [3.05, 3.63) is 141 Å². The van der Waals surface area contributed by atoms with Gasteiger partial charge >= 0.3 is 0 Å². The van der Waals surface area contributed by atoms with Gasteiger partial charge in [-0.15, -0.1) is 0 Å². The lowest BCUT2D eigenvalue weighted by Gasteiger charge is -2.33. The van der Waals surface area contributed by atoms with Crippen molar-refractivity contribution in [3.63, 3.8) is 0 Å². The first kappa shape index (κ1) is 26.4. The van der Waals surface area contributed by atoms with Gasteiger partial charge in [0, 0.05) is 17.1 Å². The molecule has 0 saturated heterocycles. The first-order chi connectivity index (χ1) is 18.9. The molecule has 5 rings (SSSR count). The van der Waals surface area contributed by atoms with Crippen LogP contribution >= 0.6 is 11.6 Å².